The summed E-state index contributed by atoms with van der Waals surface area (Å²) in [5, 5.41) is 20.3. The van der Waals surface area contributed by atoms with Crippen molar-refractivity contribution in [3.05, 3.63) is 47.0 Å². The number of ether oxygens (including phenoxy) is 2. The fourth-order valence-electron chi connectivity index (χ4n) is 3.70. The number of aromatic nitrogens is 5. The van der Waals surface area contributed by atoms with Gasteiger partial charge in [-0.1, -0.05) is 17.4 Å². The van der Waals surface area contributed by atoms with Gasteiger partial charge in [-0.15, -0.1) is 15.3 Å². The smallest absolute Gasteiger partial charge is 0.259 e. The van der Waals surface area contributed by atoms with Crippen LogP contribution in [0, 0.1) is 11.7 Å². The summed E-state index contributed by atoms with van der Waals surface area (Å²) in [6, 6.07) is 4.21. The molecule has 1 amide bonds. The van der Waals surface area contributed by atoms with Gasteiger partial charge < -0.3 is 14.4 Å². The molecule has 2 aromatic heterocycles. The number of rotatable bonds is 9. The lowest BCUT2D eigenvalue weighted by atomic mass is 10.1. The first-order valence-electron chi connectivity index (χ1n) is 10.5. The number of halogens is 1. The van der Waals surface area contributed by atoms with Gasteiger partial charge in [-0.05, 0) is 37.0 Å². The molecule has 0 radical (unpaired) electrons. The molecule has 1 aliphatic heterocycles. The molecule has 1 saturated heterocycles. The molecule has 0 spiro atoms. The molecule has 1 aromatic carbocycles. The van der Waals surface area contributed by atoms with E-state index in [9.17, 15) is 9.18 Å². The Labute approximate surface area is 194 Å². The number of carbonyl (C=O) groups excluding carboxylic acids is 1. The highest BCUT2D eigenvalue weighted by Crippen LogP contribution is 2.28. The van der Waals surface area contributed by atoms with Crippen molar-refractivity contribution in [2.75, 3.05) is 37.0 Å². The standard InChI is InChI=1S/C21H24FN7O3S/c1-3-32-18(14-4-5-15(22)16(11-14)31-2)19(30)25-21-28-26-17(33-21)10-13-6-9-29(12-13)20-23-7-8-24-27-20/h4-5,7-8,11,13,18H,3,6,9-10,12H2,1-2H3,(H,25,28,30)/t13-,18-/m0/s1. The zero-order valence-electron chi connectivity index (χ0n) is 18.3. The Morgan fingerprint density at radius 1 is 1.33 bits per heavy atom. The Bertz CT molecular complexity index is 1080. The second kappa shape index (κ2) is 10.6. The Balaban J connectivity index is 1.37. The molecule has 33 heavy (non-hydrogen) atoms. The van der Waals surface area contributed by atoms with E-state index in [0.29, 0.717) is 29.2 Å². The van der Waals surface area contributed by atoms with Crippen molar-refractivity contribution >= 4 is 28.3 Å². The fraction of sp³-hybridized carbons (Fsp3) is 0.429. The van der Waals surface area contributed by atoms with Crippen LogP contribution in [0.1, 0.15) is 30.0 Å². The van der Waals surface area contributed by atoms with Crippen LogP contribution in [0.4, 0.5) is 15.5 Å². The van der Waals surface area contributed by atoms with Crippen LogP contribution in [-0.4, -0.2) is 58.1 Å². The number of anilines is 2. The van der Waals surface area contributed by atoms with Crippen LogP contribution in [-0.2, 0) is 16.0 Å². The Morgan fingerprint density at radius 3 is 2.97 bits per heavy atom. The number of hydrogen-bond acceptors (Lipinski definition) is 10. The van der Waals surface area contributed by atoms with Gasteiger partial charge in [0, 0.05) is 26.1 Å². The zero-order chi connectivity index (χ0) is 23.2. The molecule has 174 valence electrons. The van der Waals surface area contributed by atoms with E-state index >= 15 is 0 Å². The van der Waals surface area contributed by atoms with E-state index in [1.807, 2.05) is 0 Å². The molecule has 12 heteroatoms. The van der Waals surface area contributed by atoms with Gasteiger partial charge in [0.05, 0.1) is 19.5 Å². The summed E-state index contributed by atoms with van der Waals surface area (Å²) in [4.78, 5) is 19.2. The molecule has 1 aliphatic rings. The van der Waals surface area contributed by atoms with Gasteiger partial charge in [-0.3, -0.25) is 10.1 Å². The summed E-state index contributed by atoms with van der Waals surface area (Å²) in [6.07, 6.45) is 3.98. The minimum atomic E-state index is -0.931. The summed E-state index contributed by atoms with van der Waals surface area (Å²) in [7, 11) is 1.37. The average molecular weight is 474 g/mol. The maximum Gasteiger partial charge on any atom is 0.259 e. The van der Waals surface area contributed by atoms with Gasteiger partial charge in [0.15, 0.2) is 17.7 Å². The van der Waals surface area contributed by atoms with Crippen LogP contribution >= 0.6 is 11.3 Å². The summed E-state index contributed by atoms with van der Waals surface area (Å²) in [6.45, 7) is 3.76. The number of nitrogens with one attached hydrogen (secondary N) is 1. The van der Waals surface area contributed by atoms with E-state index in [1.165, 1.54) is 36.6 Å². The molecule has 0 aliphatic carbocycles. The van der Waals surface area contributed by atoms with E-state index in [-0.39, 0.29) is 5.75 Å². The number of hydrogen-bond donors (Lipinski definition) is 1. The summed E-state index contributed by atoms with van der Waals surface area (Å²) >= 11 is 1.33. The van der Waals surface area contributed by atoms with Crippen molar-refractivity contribution in [3.63, 3.8) is 0 Å². The minimum absolute atomic E-state index is 0.0468. The minimum Gasteiger partial charge on any atom is -0.494 e. The molecule has 0 bridgehead atoms. The largest absolute Gasteiger partial charge is 0.494 e. The van der Waals surface area contributed by atoms with Gasteiger partial charge in [0.1, 0.15) is 5.01 Å². The molecule has 3 aromatic rings. The molecule has 3 heterocycles. The summed E-state index contributed by atoms with van der Waals surface area (Å²) in [5.74, 6) is 0.142. The van der Waals surface area contributed by atoms with Crippen LogP contribution in [0.5, 0.6) is 5.75 Å². The third-order valence-corrected chi connectivity index (χ3v) is 6.11. The highest BCUT2D eigenvalue weighted by molar-refractivity contribution is 7.15. The van der Waals surface area contributed by atoms with Gasteiger partial charge in [0.25, 0.3) is 5.91 Å². The van der Waals surface area contributed by atoms with Gasteiger partial charge in [-0.2, -0.15) is 5.10 Å². The van der Waals surface area contributed by atoms with Gasteiger partial charge in [-0.25, -0.2) is 9.37 Å². The molecular weight excluding hydrogens is 449 g/mol. The first kappa shape index (κ1) is 22.9. The lowest BCUT2D eigenvalue weighted by Crippen LogP contribution is -2.23. The molecule has 0 saturated carbocycles. The Hall–Kier alpha value is -3.25. The van der Waals surface area contributed by atoms with Crippen LogP contribution < -0.4 is 15.0 Å². The van der Waals surface area contributed by atoms with Crippen molar-refractivity contribution in [2.45, 2.75) is 25.9 Å². The molecule has 0 unspecified atom stereocenters. The van der Waals surface area contributed by atoms with E-state index in [1.54, 1.807) is 19.3 Å². The summed E-state index contributed by atoms with van der Waals surface area (Å²) < 4.78 is 24.4. The highest BCUT2D eigenvalue weighted by atomic mass is 32.1. The van der Waals surface area contributed by atoms with Crippen LogP contribution in [0.25, 0.3) is 0 Å². The van der Waals surface area contributed by atoms with Gasteiger partial charge >= 0.3 is 0 Å². The molecule has 10 nitrogen and oxygen atoms in total. The molecular formula is C21H24FN7O3S. The maximum atomic E-state index is 13.8. The van der Waals surface area contributed by atoms with Crippen LogP contribution in [0.2, 0.25) is 0 Å². The number of amides is 1. The molecule has 1 fully saturated rings. The first-order chi connectivity index (χ1) is 16.1. The lowest BCUT2D eigenvalue weighted by Gasteiger charge is -2.17. The fourth-order valence-corrected chi connectivity index (χ4v) is 4.56. The number of nitrogens with zero attached hydrogens (tertiary/aromatic N) is 6. The SMILES string of the molecule is CCO[C@H](C(=O)Nc1nnc(C[C@@H]2CCN(c3nccnn3)C2)s1)c1ccc(F)c(OC)c1. The van der Waals surface area contributed by atoms with E-state index in [2.05, 4.69) is 35.6 Å². The van der Waals surface area contributed by atoms with Crippen molar-refractivity contribution in [1.29, 1.82) is 0 Å². The molecule has 2 atom stereocenters. The Morgan fingerprint density at radius 2 is 2.21 bits per heavy atom. The monoisotopic (exact) mass is 473 g/mol. The van der Waals surface area contributed by atoms with Crippen molar-refractivity contribution in [3.8, 4) is 5.75 Å². The van der Waals surface area contributed by atoms with E-state index in [4.69, 9.17) is 9.47 Å². The van der Waals surface area contributed by atoms with Crippen molar-refractivity contribution in [2.24, 2.45) is 5.92 Å². The third-order valence-electron chi connectivity index (χ3n) is 5.25. The maximum absolute atomic E-state index is 13.8. The van der Waals surface area contributed by atoms with Crippen molar-refractivity contribution < 1.29 is 18.7 Å². The number of methoxy groups -OCH3 is 1. The van der Waals surface area contributed by atoms with Crippen molar-refractivity contribution in [1.82, 2.24) is 25.4 Å². The second-order valence-electron chi connectivity index (χ2n) is 7.47. The average Bonchev–Trinajstić information content (AvgIpc) is 3.48. The van der Waals surface area contributed by atoms with Crippen LogP contribution in [0.3, 0.4) is 0 Å². The van der Waals surface area contributed by atoms with Gasteiger partial charge in [0.2, 0.25) is 11.1 Å². The second-order valence-corrected chi connectivity index (χ2v) is 8.53. The Kier molecular flexibility index (Phi) is 7.35. The number of carbonyl (C=O) groups is 1. The van der Waals surface area contributed by atoms with E-state index in [0.717, 1.165) is 30.9 Å². The topological polar surface area (TPSA) is 115 Å². The molecule has 4 rings (SSSR count). The normalized spacial score (nSPS) is 16.6. The summed E-state index contributed by atoms with van der Waals surface area (Å²) in [5.41, 5.74) is 0.487. The zero-order valence-corrected chi connectivity index (χ0v) is 19.1. The molecule has 1 N–H and O–H groups in total. The highest BCUT2D eigenvalue weighted by Gasteiger charge is 2.27. The predicted molar refractivity (Wildman–Crippen MR) is 120 cm³/mol. The third kappa shape index (κ3) is 5.57. The quantitative estimate of drug-likeness (QED) is 0.501. The first-order valence-corrected chi connectivity index (χ1v) is 11.4. The van der Waals surface area contributed by atoms with Crippen LogP contribution in [0.15, 0.2) is 30.6 Å². The van der Waals surface area contributed by atoms with E-state index < -0.39 is 17.8 Å². The predicted octanol–water partition coefficient (Wildman–Crippen LogP) is 2.66. The lowest BCUT2D eigenvalue weighted by molar-refractivity contribution is -0.127. The number of benzene rings is 1.